The van der Waals surface area contributed by atoms with E-state index in [0.29, 0.717) is 0 Å². The number of halogens is 1. The molecular weight excluding hydrogens is 407 g/mol. The van der Waals surface area contributed by atoms with Crippen molar-refractivity contribution >= 4 is 15.7 Å². The van der Waals surface area contributed by atoms with Gasteiger partial charge in [-0.1, -0.05) is 30.3 Å². The molecule has 30 heavy (non-hydrogen) atoms. The molecule has 0 fully saturated rings. The van der Waals surface area contributed by atoms with E-state index < -0.39 is 15.7 Å². The van der Waals surface area contributed by atoms with Gasteiger partial charge in [0.25, 0.3) is 5.91 Å². The van der Waals surface area contributed by atoms with E-state index in [1.165, 1.54) is 36.4 Å². The second-order valence-corrected chi connectivity index (χ2v) is 9.07. The number of carbonyl (C=O) groups is 1. The predicted molar refractivity (Wildman–Crippen MR) is 111 cm³/mol. The van der Waals surface area contributed by atoms with Crippen LogP contribution < -0.4 is 5.32 Å². The van der Waals surface area contributed by atoms with Crippen LogP contribution in [0.1, 0.15) is 27.9 Å². The molecule has 0 aliphatic rings. The molecule has 3 aromatic rings. The van der Waals surface area contributed by atoms with Crippen LogP contribution in [0.2, 0.25) is 0 Å². The van der Waals surface area contributed by atoms with Gasteiger partial charge in [-0.2, -0.15) is 0 Å². The van der Waals surface area contributed by atoms with Gasteiger partial charge in [-0.15, -0.1) is 0 Å². The van der Waals surface area contributed by atoms with Gasteiger partial charge in [0.1, 0.15) is 17.3 Å². The molecular formula is C22H23FN2O4S. The number of furan rings is 1. The largest absolute Gasteiger partial charge is 0.455 e. The topological polar surface area (TPSA) is 79.6 Å². The zero-order valence-electron chi connectivity index (χ0n) is 16.7. The number of likely N-dealkylation sites (N-methyl/N-ethyl adjacent to an activating group) is 1. The third-order valence-electron chi connectivity index (χ3n) is 4.63. The van der Waals surface area contributed by atoms with Gasteiger partial charge in [0.15, 0.2) is 15.6 Å². The number of carbonyl (C=O) groups excluding carboxylic acids is 1. The molecule has 0 saturated carbocycles. The van der Waals surface area contributed by atoms with Crippen molar-refractivity contribution in [1.82, 2.24) is 10.2 Å². The maximum Gasteiger partial charge on any atom is 0.287 e. The van der Waals surface area contributed by atoms with Crippen molar-refractivity contribution in [2.75, 3.05) is 20.6 Å². The van der Waals surface area contributed by atoms with Gasteiger partial charge in [-0.3, -0.25) is 4.79 Å². The van der Waals surface area contributed by atoms with Gasteiger partial charge in [0.2, 0.25) is 0 Å². The van der Waals surface area contributed by atoms with Gasteiger partial charge in [0.05, 0.1) is 10.9 Å². The van der Waals surface area contributed by atoms with Crippen LogP contribution in [0.5, 0.6) is 0 Å². The summed E-state index contributed by atoms with van der Waals surface area (Å²) in [4.78, 5) is 14.5. The predicted octanol–water partition coefficient (Wildman–Crippen LogP) is 3.43. The van der Waals surface area contributed by atoms with E-state index >= 15 is 0 Å². The second kappa shape index (κ2) is 9.23. The highest BCUT2D eigenvalue weighted by atomic mass is 32.2. The van der Waals surface area contributed by atoms with Gasteiger partial charge < -0.3 is 14.6 Å². The summed E-state index contributed by atoms with van der Waals surface area (Å²) in [5.74, 6) is -0.959. The lowest BCUT2D eigenvalue weighted by Crippen LogP contribution is -2.34. The third-order valence-corrected chi connectivity index (χ3v) is 6.29. The normalized spacial score (nSPS) is 12.7. The molecule has 0 saturated heterocycles. The van der Waals surface area contributed by atoms with Crippen molar-refractivity contribution < 1.29 is 22.0 Å². The number of sulfone groups is 1. The van der Waals surface area contributed by atoms with Crippen molar-refractivity contribution in [2.45, 2.75) is 16.7 Å². The smallest absolute Gasteiger partial charge is 0.287 e. The fraction of sp³-hybridized carbons (Fsp3) is 0.227. The summed E-state index contributed by atoms with van der Waals surface area (Å²) in [5.41, 5.74) is 0.731. The van der Waals surface area contributed by atoms with Crippen molar-refractivity contribution in [2.24, 2.45) is 0 Å². The van der Waals surface area contributed by atoms with E-state index in [1.807, 2.05) is 19.0 Å². The zero-order chi connectivity index (χ0) is 21.7. The van der Waals surface area contributed by atoms with E-state index in [4.69, 9.17) is 4.42 Å². The van der Waals surface area contributed by atoms with Crippen LogP contribution >= 0.6 is 0 Å². The Bertz CT molecular complexity index is 1110. The first-order valence-electron chi connectivity index (χ1n) is 9.33. The maximum absolute atomic E-state index is 13.5. The molecule has 0 radical (unpaired) electrons. The molecule has 1 atom stereocenters. The van der Waals surface area contributed by atoms with Crippen molar-refractivity contribution in [1.29, 1.82) is 0 Å². The van der Waals surface area contributed by atoms with Crippen molar-refractivity contribution in [3.8, 4) is 0 Å². The first-order valence-corrected chi connectivity index (χ1v) is 11.0. The molecule has 0 spiro atoms. The van der Waals surface area contributed by atoms with Crippen molar-refractivity contribution in [3.05, 3.63) is 89.6 Å². The number of hydrogen-bond acceptors (Lipinski definition) is 5. The molecule has 158 valence electrons. The quantitative estimate of drug-likeness (QED) is 0.592. The first-order chi connectivity index (χ1) is 14.3. The molecule has 1 amide bonds. The van der Waals surface area contributed by atoms with Crippen molar-refractivity contribution in [3.63, 3.8) is 0 Å². The van der Waals surface area contributed by atoms with Crippen LogP contribution in [0.25, 0.3) is 0 Å². The summed E-state index contributed by atoms with van der Waals surface area (Å²) in [6.07, 6.45) is 0. The number of nitrogens with one attached hydrogen (secondary N) is 1. The van der Waals surface area contributed by atoms with Crippen LogP contribution in [0.4, 0.5) is 4.39 Å². The Balaban J connectivity index is 1.66. The van der Waals surface area contributed by atoms with Gasteiger partial charge in [0, 0.05) is 6.54 Å². The molecule has 2 aromatic carbocycles. The van der Waals surface area contributed by atoms with E-state index in [0.717, 1.165) is 5.56 Å². The Labute approximate surface area is 175 Å². The fourth-order valence-corrected chi connectivity index (χ4v) is 4.33. The molecule has 0 aliphatic heterocycles. The van der Waals surface area contributed by atoms with Crippen LogP contribution in [0.3, 0.4) is 0 Å². The lowest BCUT2D eigenvalue weighted by atomic mass is 10.1. The van der Waals surface area contributed by atoms with Crippen LogP contribution in [0.15, 0.2) is 76.0 Å². The van der Waals surface area contributed by atoms with Crippen LogP contribution in [0, 0.1) is 5.82 Å². The Morgan fingerprint density at radius 2 is 1.80 bits per heavy atom. The molecule has 1 heterocycles. The minimum absolute atomic E-state index is 0.0185. The third kappa shape index (κ3) is 5.34. The van der Waals surface area contributed by atoms with E-state index in [2.05, 4.69) is 5.32 Å². The molecule has 6 nitrogen and oxygen atoms in total. The number of rotatable bonds is 8. The van der Waals surface area contributed by atoms with E-state index in [9.17, 15) is 17.6 Å². The summed E-state index contributed by atoms with van der Waals surface area (Å²) in [6, 6.07) is 16.9. The average Bonchev–Trinajstić information content (AvgIpc) is 3.16. The fourth-order valence-electron chi connectivity index (χ4n) is 3.06. The Morgan fingerprint density at radius 1 is 1.07 bits per heavy atom. The van der Waals surface area contributed by atoms with E-state index in [-0.39, 0.29) is 40.6 Å². The highest BCUT2D eigenvalue weighted by molar-refractivity contribution is 7.90. The highest BCUT2D eigenvalue weighted by Gasteiger charge is 2.21. The number of amides is 1. The first kappa shape index (κ1) is 21.7. The Morgan fingerprint density at radius 3 is 2.47 bits per heavy atom. The second-order valence-electron chi connectivity index (χ2n) is 7.08. The van der Waals surface area contributed by atoms with Crippen LogP contribution in [-0.4, -0.2) is 39.9 Å². The van der Waals surface area contributed by atoms with E-state index in [1.54, 1.807) is 30.3 Å². The molecule has 1 N–H and O–H groups in total. The minimum Gasteiger partial charge on any atom is -0.455 e. The lowest BCUT2D eigenvalue weighted by Gasteiger charge is -2.25. The lowest BCUT2D eigenvalue weighted by molar-refractivity contribution is 0.0912. The Hall–Kier alpha value is -2.97. The number of hydrogen-bond donors (Lipinski definition) is 1. The maximum atomic E-state index is 13.5. The highest BCUT2D eigenvalue weighted by Crippen LogP contribution is 2.20. The molecule has 0 bridgehead atoms. The number of nitrogens with zero attached hydrogens (tertiary/aromatic N) is 1. The summed E-state index contributed by atoms with van der Waals surface area (Å²) in [7, 11) is 0.0986. The monoisotopic (exact) mass is 430 g/mol. The average molecular weight is 431 g/mol. The van der Waals surface area contributed by atoms with Gasteiger partial charge in [-0.05, 0) is 56.1 Å². The summed E-state index contributed by atoms with van der Waals surface area (Å²) >= 11 is 0. The van der Waals surface area contributed by atoms with Gasteiger partial charge in [-0.25, -0.2) is 12.8 Å². The summed E-state index contributed by atoms with van der Waals surface area (Å²) < 4.78 is 43.9. The number of benzene rings is 2. The SMILES string of the molecule is CN(C)C(CNC(=O)c1ccc(CS(=O)(=O)c2ccccc2)o1)c1cccc(F)c1. The summed E-state index contributed by atoms with van der Waals surface area (Å²) in [5, 5.41) is 2.76. The molecule has 1 unspecified atom stereocenters. The molecule has 0 aliphatic carbocycles. The van der Waals surface area contributed by atoms with Gasteiger partial charge >= 0.3 is 0 Å². The standard InChI is InChI=1S/C22H23FN2O4S/c1-25(2)20(16-7-6-8-17(23)13-16)14-24-22(26)21-12-11-18(29-21)15-30(27,28)19-9-4-3-5-10-19/h3-13,20H,14-15H2,1-2H3,(H,24,26). The Kier molecular flexibility index (Phi) is 6.69. The summed E-state index contributed by atoms with van der Waals surface area (Å²) in [6.45, 7) is 0.230. The molecule has 3 rings (SSSR count). The molecule has 8 heteroatoms. The molecule has 1 aromatic heterocycles. The van der Waals surface area contributed by atoms with Crippen LogP contribution in [-0.2, 0) is 15.6 Å². The zero-order valence-corrected chi connectivity index (χ0v) is 17.5. The minimum atomic E-state index is -3.57.